The van der Waals surface area contributed by atoms with Gasteiger partial charge in [0.1, 0.15) is 4.90 Å². The van der Waals surface area contributed by atoms with E-state index in [9.17, 15) is 13.5 Å². The Morgan fingerprint density at radius 3 is 1.97 bits per heavy atom. The van der Waals surface area contributed by atoms with Gasteiger partial charge in [0.2, 0.25) is 5.75 Å². The van der Waals surface area contributed by atoms with Gasteiger partial charge in [-0.3, -0.25) is 0 Å². The van der Waals surface area contributed by atoms with Crippen molar-refractivity contribution in [2.45, 2.75) is 43.3 Å². The number of phenolic OH excluding ortho intramolecular Hbond substituents is 1. The lowest BCUT2D eigenvalue weighted by Gasteiger charge is -2.19. The van der Waals surface area contributed by atoms with E-state index < -0.39 is 9.84 Å². The third-order valence-corrected chi connectivity index (χ3v) is 6.46. The molecule has 32 heavy (non-hydrogen) atoms. The molecular formula is C23H30O8S. The van der Waals surface area contributed by atoms with Crippen molar-refractivity contribution in [3.63, 3.8) is 0 Å². The number of aromatic hydroxyl groups is 1. The third-order valence-electron chi connectivity index (χ3n) is 5.36. The molecule has 2 aromatic carbocycles. The Labute approximate surface area is 188 Å². The van der Waals surface area contributed by atoms with Crippen LogP contribution in [0.15, 0.2) is 29.2 Å². The standard InChI is InChI=1S/C23H30O8S/c1-6-9-30-22-16(24)10-14(13-21(22)32(5,25)26)17-7-8-18(31-17)15-11-19(27-2)23(29-4)20(12-15)28-3/h10-13,17-18,24H,6-9H2,1-5H3. The van der Waals surface area contributed by atoms with E-state index in [2.05, 4.69) is 0 Å². The molecule has 0 spiro atoms. The lowest BCUT2D eigenvalue weighted by molar-refractivity contribution is 0.0435. The van der Waals surface area contributed by atoms with Gasteiger partial charge in [0, 0.05) is 6.26 Å². The van der Waals surface area contributed by atoms with Gasteiger partial charge in [-0.1, -0.05) is 6.92 Å². The van der Waals surface area contributed by atoms with E-state index in [1.165, 1.54) is 12.1 Å². The van der Waals surface area contributed by atoms with Gasteiger partial charge in [0.15, 0.2) is 32.8 Å². The van der Waals surface area contributed by atoms with E-state index in [1.54, 1.807) is 21.3 Å². The van der Waals surface area contributed by atoms with E-state index in [0.29, 0.717) is 48.7 Å². The number of hydrogen-bond acceptors (Lipinski definition) is 8. The topological polar surface area (TPSA) is 101 Å². The first kappa shape index (κ1) is 24.0. The average molecular weight is 467 g/mol. The van der Waals surface area contributed by atoms with Gasteiger partial charge in [-0.25, -0.2) is 8.42 Å². The summed E-state index contributed by atoms with van der Waals surface area (Å²) in [5, 5.41) is 10.5. The summed E-state index contributed by atoms with van der Waals surface area (Å²) >= 11 is 0. The average Bonchev–Trinajstić information content (AvgIpc) is 3.26. The highest BCUT2D eigenvalue weighted by Crippen LogP contribution is 2.47. The lowest BCUT2D eigenvalue weighted by atomic mass is 10.0. The predicted octanol–water partition coefficient (Wildman–Crippen LogP) is 4.20. The van der Waals surface area contributed by atoms with E-state index in [1.807, 2.05) is 19.1 Å². The number of sulfone groups is 1. The van der Waals surface area contributed by atoms with Crippen LogP contribution in [0.5, 0.6) is 28.7 Å². The van der Waals surface area contributed by atoms with Crippen LogP contribution in [0.25, 0.3) is 0 Å². The van der Waals surface area contributed by atoms with Crippen LogP contribution in [0.3, 0.4) is 0 Å². The molecule has 1 saturated heterocycles. The van der Waals surface area contributed by atoms with Gasteiger partial charge < -0.3 is 28.8 Å². The van der Waals surface area contributed by atoms with Crippen LogP contribution in [0, 0.1) is 0 Å². The number of ether oxygens (including phenoxy) is 5. The molecule has 1 N–H and O–H groups in total. The maximum absolute atomic E-state index is 12.4. The maximum atomic E-state index is 12.4. The molecule has 2 aromatic rings. The zero-order chi connectivity index (χ0) is 23.5. The molecule has 1 heterocycles. The molecule has 3 rings (SSSR count). The molecule has 1 fully saturated rings. The van der Waals surface area contributed by atoms with Gasteiger partial charge in [0.05, 0.1) is 40.1 Å². The van der Waals surface area contributed by atoms with Crippen LogP contribution in [0.1, 0.15) is 49.5 Å². The fraction of sp³-hybridized carbons (Fsp3) is 0.478. The first-order valence-electron chi connectivity index (χ1n) is 10.4. The van der Waals surface area contributed by atoms with Crippen molar-refractivity contribution in [3.05, 3.63) is 35.4 Å². The number of methoxy groups -OCH3 is 3. The zero-order valence-electron chi connectivity index (χ0n) is 19.0. The van der Waals surface area contributed by atoms with Crippen molar-refractivity contribution < 1.29 is 37.2 Å². The van der Waals surface area contributed by atoms with E-state index >= 15 is 0 Å². The van der Waals surface area contributed by atoms with Gasteiger partial charge in [-0.05, 0) is 54.7 Å². The van der Waals surface area contributed by atoms with Crippen molar-refractivity contribution in [2.75, 3.05) is 34.2 Å². The Kier molecular flexibility index (Phi) is 7.40. The first-order chi connectivity index (χ1) is 15.2. The fourth-order valence-corrected chi connectivity index (χ4v) is 4.68. The van der Waals surface area contributed by atoms with Crippen molar-refractivity contribution in [3.8, 4) is 28.7 Å². The normalized spacial score (nSPS) is 18.4. The summed E-state index contributed by atoms with van der Waals surface area (Å²) in [6, 6.07) is 6.73. The SMILES string of the molecule is CCCOc1c(O)cc(C2CCC(c3cc(OC)c(OC)c(OC)c3)O2)cc1S(C)(=O)=O. The first-order valence-corrected chi connectivity index (χ1v) is 12.3. The van der Waals surface area contributed by atoms with Gasteiger partial charge in [0.25, 0.3) is 0 Å². The summed E-state index contributed by atoms with van der Waals surface area (Å²) in [7, 11) is 1.03. The molecule has 2 atom stereocenters. The van der Waals surface area contributed by atoms with E-state index in [-0.39, 0.29) is 28.6 Å². The molecule has 0 amide bonds. The lowest BCUT2D eigenvalue weighted by Crippen LogP contribution is -2.07. The molecule has 2 unspecified atom stereocenters. The van der Waals surface area contributed by atoms with Crippen LogP contribution >= 0.6 is 0 Å². The Morgan fingerprint density at radius 2 is 1.50 bits per heavy atom. The van der Waals surface area contributed by atoms with Crippen molar-refractivity contribution >= 4 is 9.84 Å². The predicted molar refractivity (Wildman–Crippen MR) is 119 cm³/mol. The molecule has 8 nitrogen and oxygen atoms in total. The summed E-state index contributed by atoms with van der Waals surface area (Å²) in [5.74, 6) is 1.33. The van der Waals surface area contributed by atoms with Gasteiger partial charge >= 0.3 is 0 Å². The van der Waals surface area contributed by atoms with Crippen LogP contribution in [0.4, 0.5) is 0 Å². The minimum atomic E-state index is -3.62. The van der Waals surface area contributed by atoms with Crippen LogP contribution in [-0.4, -0.2) is 47.7 Å². The molecule has 0 aromatic heterocycles. The Morgan fingerprint density at radius 1 is 0.938 bits per heavy atom. The molecular weight excluding hydrogens is 436 g/mol. The minimum Gasteiger partial charge on any atom is -0.504 e. The highest BCUT2D eigenvalue weighted by Gasteiger charge is 2.31. The van der Waals surface area contributed by atoms with Crippen LogP contribution in [-0.2, 0) is 14.6 Å². The number of rotatable bonds is 9. The van der Waals surface area contributed by atoms with Crippen LogP contribution in [0.2, 0.25) is 0 Å². The molecule has 176 valence electrons. The summed E-state index contributed by atoms with van der Waals surface area (Å²) in [4.78, 5) is -0.0409. The second kappa shape index (κ2) is 9.87. The fourth-order valence-electron chi connectivity index (χ4n) is 3.83. The molecule has 9 heteroatoms. The smallest absolute Gasteiger partial charge is 0.203 e. The Balaban J connectivity index is 1.92. The molecule has 0 radical (unpaired) electrons. The second-order valence-electron chi connectivity index (χ2n) is 7.64. The minimum absolute atomic E-state index is 0.0164. The monoisotopic (exact) mass is 466 g/mol. The highest BCUT2D eigenvalue weighted by atomic mass is 32.2. The number of phenols is 1. The molecule has 0 saturated carbocycles. The largest absolute Gasteiger partial charge is 0.504 e. The highest BCUT2D eigenvalue weighted by molar-refractivity contribution is 7.90. The third kappa shape index (κ3) is 4.88. The summed E-state index contributed by atoms with van der Waals surface area (Å²) in [6.45, 7) is 2.21. The van der Waals surface area contributed by atoms with Crippen molar-refractivity contribution in [2.24, 2.45) is 0 Å². The van der Waals surface area contributed by atoms with Crippen LogP contribution < -0.4 is 18.9 Å². The quantitative estimate of drug-likeness (QED) is 0.587. The van der Waals surface area contributed by atoms with Crippen molar-refractivity contribution in [1.29, 1.82) is 0 Å². The molecule has 0 aliphatic carbocycles. The number of benzene rings is 2. The summed E-state index contributed by atoms with van der Waals surface area (Å²) in [6.07, 6.45) is 2.50. The Bertz CT molecular complexity index is 1040. The second-order valence-corrected chi connectivity index (χ2v) is 9.62. The van der Waals surface area contributed by atoms with E-state index in [0.717, 1.165) is 11.8 Å². The Hall–Kier alpha value is -2.65. The summed E-state index contributed by atoms with van der Waals surface area (Å²) in [5.41, 5.74) is 1.44. The van der Waals surface area contributed by atoms with Gasteiger partial charge in [-0.15, -0.1) is 0 Å². The van der Waals surface area contributed by atoms with Crippen molar-refractivity contribution in [1.82, 2.24) is 0 Å². The van der Waals surface area contributed by atoms with Gasteiger partial charge in [-0.2, -0.15) is 0 Å². The zero-order valence-corrected chi connectivity index (χ0v) is 19.8. The molecule has 1 aliphatic heterocycles. The van der Waals surface area contributed by atoms with E-state index in [4.69, 9.17) is 23.7 Å². The maximum Gasteiger partial charge on any atom is 0.203 e. The summed E-state index contributed by atoms with van der Waals surface area (Å²) < 4.78 is 52.7. The molecule has 0 bridgehead atoms. The molecule has 1 aliphatic rings. The number of hydrogen-bond donors (Lipinski definition) is 1.